The van der Waals surface area contributed by atoms with Crippen molar-refractivity contribution in [2.24, 2.45) is 0 Å². The third-order valence-corrected chi connectivity index (χ3v) is 2.68. The maximum atomic E-state index is 11.3. The number of esters is 1. The van der Waals surface area contributed by atoms with Crippen molar-refractivity contribution in [3.63, 3.8) is 0 Å². The molecule has 0 atom stereocenters. The number of carbonyl (C=O) groups is 1. The Kier molecular flexibility index (Phi) is 2.95. The highest BCUT2D eigenvalue weighted by Crippen LogP contribution is 2.34. The van der Waals surface area contributed by atoms with E-state index in [1.807, 2.05) is 6.07 Å². The molecule has 16 heavy (non-hydrogen) atoms. The van der Waals surface area contributed by atoms with Gasteiger partial charge >= 0.3 is 5.97 Å². The van der Waals surface area contributed by atoms with Crippen LogP contribution in [0.25, 0.3) is 5.57 Å². The van der Waals surface area contributed by atoms with E-state index in [0.29, 0.717) is 6.61 Å². The number of aromatic hydroxyl groups is 1. The third kappa shape index (κ3) is 2.08. The van der Waals surface area contributed by atoms with E-state index >= 15 is 0 Å². The molecule has 0 saturated heterocycles. The number of benzene rings is 1. The van der Waals surface area contributed by atoms with Crippen LogP contribution in [0.4, 0.5) is 0 Å². The standard InChI is InChI=1S/C13H14O3/c1-2-16-13(15)7-10-4-3-9-5-6-11(14)8-12(9)10/h5-8,14H,2-4H2,1H3/b10-7-. The minimum Gasteiger partial charge on any atom is -0.508 e. The van der Waals surface area contributed by atoms with Crippen molar-refractivity contribution in [3.8, 4) is 5.75 Å². The van der Waals surface area contributed by atoms with Crippen LogP contribution in [0.5, 0.6) is 5.75 Å². The smallest absolute Gasteiger partial charge is 0.331 e. The van der Waals surface area contributed by atoms with Gasteiger partial charge in [-0.15, -0.1) is 0 Å². The summed E-state index contributed by atoms with van der Waals surface area (Å²) < 4.78 is 4.87. The van der Waals surface area contributed by atoms with Crippen LogP contribution in [0, 0.1) is 0 Å². The number of allylic oxidation sites excluding steroid dienone is 1. The number of phenolic OH excluding ortho intramolecular Hbond substituents is 1. The first-order valence-electron chi connectivity index (χ1n) is 5.40. The number of hydrogen-bond donors (Lipinski definition) is 1. The number of carbonyl (C=O) groups excluding carboxylic acids is 1. The monoisotopic (exact) mass is 218 g/mol. The molecule has 0 bridgehead atoms. The molecule has 0 radical (unpaired) electrons. The lowest BCUT2D eigenvalue weighted by Gasteiger charge is -2.02. The van der Waals surface area contributed by atoms with Gasteiger partial charge in [0.15, 0.2) is 0 Å². The van der Waals surface area contributed by atoms with E-state index in [0.717, 1.165) is 24.0 Å². The molecule has 0 aromatic heterocycles. The zero-order valence-electron chi connectivity index (χ0n) is 9.19. The van der Waals surface area contributed by atoms with E-state index < -0.39 is 0 Å². The highest BCUT2D eigenvalue weighted by molar-refractivity contribution is 5.93. The summed E-state index contributed by atoms with van der Waals surface area (Å²) in [5.74, 6) is -0.0795. The van der Waals surface area contributed by atoms with Crippen LogP contribution in [-0.2, 0) is 16.0 Å². The van der Waals surface area contributed by atoms with Crippen LogP contribution in [0.15, 0.2) is 24.3 Å². The molecule has 0 saturated carbocycles. The van der Waals surface area contributed by atoms with Gasteiger partial charge in [0.25, 0.3) is 0 Å². The second kappa shape index (κ2) is 4.39. The topological polar surface area (TPSA) is 46.5 Å². The molecule has 1 N–H and O–H groups in total. The number of hydrogen-bond acceptors (Lipinski definition) is 3. The van der Waals surface area contributed by atoms with Crippen LogP contribution in [0.2, 0.25) is 0 Å². The number of aryl methyl sites for hydroxylation is 1. The molecule has 0 fully saturated rings. The predicted octanol–water partition coefficient (Wildman–Crippen LogP) is 2.28. The van der Waals surface area contributed by atoms with Crippen LogP contribution in [0.3, 0.4) is 0 Å². The van der Waals surface area contributed by atoms with E-state index in [2.05, 4.69) is 0 Å². The lowest BCUT2D eigenvalue weighted by Crippen LogP contribution is -2.00. The van der Waals surface area contributed by atoms with E-state index in [4.69, 9.17) is 4.74 Å². The minimum absolute atomic E-state index is 0.232. The average molecular weight is 218 g/mol. The zero-order chi connectivity index (χ0) is 11.5. The molecule has 2 rings (SSSR count). The Balaban J connectivity index is 2.29. The third-order valence-electron chi connectivity index (χ3n) is 2.68. The fourth-order valence-corrected chi connectivity index (χ4v) is 1.96. The molecule has 1 aliphatic rings. The summed E-state index contributed by atoms with van der Waals surface area (Å²) in [5.41, 5.74) is 3.09. The molecule has 1 aromatic rings. The van der Waals surface area contributed by atoms with E-state index in [1.54, 1.807) is 19.1 Å². The van der Waals surface area contributed by atoms with Crippen LogP contribution >= 0.6 is 0 Å². The van der Waals surface area contributed by atoms with Crippen molar-refractivity contribution in [2.75, 3.05) is 6.61 Å². The minimum atomic E-state index is -0.311. The Morgan fingerprint density at radius 1 is 1.50 bits per heavy atom. The Labute approximate surface area is 94.4 Å². The van der Waals surface area contributed by atoms with Crippen LogP contribution in [-0.4, -0.2) is 17.7 Å². The molecule has 0 amide bonds. The van der Waals surface area contributed by atoms with E-state index in [9.17, 15) is 9.90 Å². The number of rotatable bonds is 2. The van der Waals surface area contributed by atoms with Crippen molar-refractivity contribution in [1.82, 2.24) is 0 Å². The summed E-state index contributed by atoms with van der Waals surface area (Å²) in [7, 11) is 0. The molecule has 3 nitrogen and oxygen atoms in total. The van der Waals surface area contributed by atoms with Crippen LogP contribution < -0.4 is 0 Å². The predicted molar refractivity (Wildman–Crippen MR) is 61.0 cm³/mol. The lowest BCUT2D eigenvalue weighted by atomic mass is 10.1. The number of phenols is 1. The fraction of sp³-hybridized carbons (Fsp3) is 0.308. The molecular weight excluding hydrogens is 204 g/mol. The molecule has 0 spiro atoms. The van der Waals surface area contributed by atoms with Gasteiger partial charge in [-0.25, -0.2) is 4.79 Å². The number of fused-ring (bicyclic) bond motifs is 1. The summed E-state index contributed by atoms with van der Waals surface area (Å²) in [6.07, 6.45) is 3.27. The summed E-state index contributed by atoms with van der Waals surface area (Å²) in [5, 5.41) is 9.41. The van der Waals surface area contributed by atoms with Crippen molar-refractivity contribution in [3.05, 3.63) is 35.4 Å². The lowest BCUT2D eigenvalue weighted by molar-refractivity contribution is -0.137. The van der Waals surface area contributed by atoms with Gasteiger partial charge in [0.2, 0.25) is 0 Å². The van der Waals surface area contributed by atoms with Gasteiger partial charge in [-0.2, -0.15) is 0 Å². The first kappa shape index (κ1) is 10.7. The Morgan fingerprint density at radius 3 is 3.06 bits per heavy atom. The highest BCUT2D eigenvalue weighted by atomic mass is 16.5. The normalized spacial score (nSPS) is 16.2. The van der Waals surface area contributed by atoms with E-state index in [1.165, 1.54) is 11.6 Å². The highest BCUT2D eigenvalue weighted by Gasteiger charge is 2.17. The summed E-state index contributed by atoms with van der Waals surface area (Å²) >= 11 is 0. The van der Waals surface area contributed by atoms with Crippen molar-refractivity contribution in [1.29, 1.82) is 0 Å². The zero-order valence-corrected chi connectivity index (χ0v) is 9.19. The molecule has 1 aliphatic carbocycles. The summed E-state index contributed by atoms with van der Waals surface area (Å²) in [6, 6.07) is 5.27. The van der Waals surface area contributed by atoms with Crippen molar-refractivity contribution < 1.29 is 14.6 Å². The Morgan fingerprint density at radius 2 is 2.31 bits per heavy atom. The second-order valence-electron chi connectivity index (χ2n) is 3.76. The maximum Gasteiger partial charge on any atom is 0.331 e. The van der Waals surface area contributed by atoms with Gasteiger partial charge in [0.1, 0.15) is 5.75 Å². The molecular formula is C13H14O3. The van der Waals surface area contributed by atoms with E-state index in [-0.39, 0.29) is 11.7 Å². The van der Waals surface area contributed by atoms with Gasteiger partial charge in [-0.05, 0) is 48.6 Å². The first-order chi connectivity index (χ1) is 7.70. The Bertz CT molecular complexity index is 446. The average Bonchev–Trinajstić information content (AvgIpc) is 2.61. The largest absolute Gasteiger partial charge is 0.508 e. The van der Waals surface area contributed by atoms with Crippen molar-refractivity contribution in [2.45, 2.75) is 19.8 Å². The summed E-state index contributed by atoms with van der Waals surface area (Å²) in [6.45, 7) is 2.17. The Hall–Kier alpha value is -1.77. The van der Waals surface area contributed by atoms with Gasteiger partial charge in [0.05, 0.1) is 6.61 Å². The SMILES string of the molecule is CCOC(=O)/C=C1/CCc2ccc(O)cc21. The molecule has 0 heterocycles. The number of ether oxygens (including phenoxy) is 1. The molecule has 0 aliphatic heterocycles. The van der Waals surface area contributed by atoms with Gasteiger partial charge in [0, 0.05) is 6.08 Å². The molecule has 84 valence electrons. The molecule has 0 unspecified atom stereocenters. The maximum absolute atomic E-state index is 11.3. The van der Waals surface area contributed by atoms with Gasteiger partial charge in [-0.3, -0.25) is 0 Å². The van der Waals surface area contributed by atoms with Gasteiger partial charge in [-0.1, -0.05) is 6.07 Å². The van der Waals surface area contributed by atoms with Crippen molar-refractivity contribution >= 4 is 11.5 Å². The first-order valence-corrected chi connectivity index (χ1v) is 5.40. The van der Waals surface area contributed by atoms with Gasteiger partial charge < -0.3 is 9.84 Å². The quantitative estimate of drug-likeness (QED) is 0.612. The fourth-order valence-electron chi connectivity index (χ4n) is 1.96. The second-order valence-corrected chi connectivity index (χ2v) is 3.76. The molecule has 1 aromatic carbocycles. The van der Waals surface area contributed by atoms with Crippen LogP contribution in [0.1, 0.15) is 24.5 Å². The summed E-state index contributed by atoms with van der Waals surface area (Å²) in [4.78, 5) is 11.3. The molecule has 3 heteroatoms.